The van der Waals surface area contributed by atoms with Gasteiger partial charge in [0.15, 0.2) is 0 Å². The van der Waals surface area contributed by atoms with Crippen LogP contribution >= 0.6 is 0 Å². The number of hydrogen-bond donors (Lipinski definition) is 3. The molecule has 3 aromatic carbocycles. The van der Waals surface area contributed by atoms with Crippen molar-refractivity contribution in [3.63, 3.8) is 0 Å². The van der Waals surface area contributed by atoms with Crippen LogP contribution in [0.1, 0.15) is 40.3 Å². The topological polar surface area (TPSA) is 97.8 Å². The fraction of sp³-hybridized carbons (Fsp3) is 0.523. The molecular weight excluding hydrogens is 1360 g/mol. The Morgan fingerprint density at radius 1 is 0.270 bits per heavy atom. The van der Waals surface area contributed by atoms with E-state index in [9.17, 15) is 160 Å². The van der Waals surface area contributed by atoms with E-state index in [0.29, 0.717) is 6.92 Å². The van der Waals surface area contributed by atoms with Gasteiger partial charge >= 0.3 is 107 Å². The summed E-state index contributed by atoms with van der Waals surface area (Å²) in [5.41, 5.74) is -15.6. The molecule has 0 amide bonds. The molecular formula is C44H24F39N3O3. The number of nitrogens with zero attached hydrogens (tertiary/aromatic N) is 3. The molecule has 0 aromatic heterocycles. The van der Waals surface area contributed by atoms with Gasteiger partial charge < -0.3 is 15.3 Å². The van der Waals surface area contributed by atoms with Crippen LogP contribution in [0.25, 0.3) is 0 Å². The number of benzene rings is 3. The molecule has 89 heavy (non-hydrogen) atoms. The summed E-state index contributed by atoms with van der Waals surface area (Å²) in [5, 5.41) is 30.4. The van der Waals surface area contributed by atoms with Crippen LogP contribution in [0, 0.1) is 5.41 Å². The summed E-state index contributed by atoms with van der Waals surface area (Å²) in [6, 6.07) is -4.55. The zero-order valence-electron chi connectivity index (χ0n) is 41.5. The number of phenolic OH excluding ortho intramolecular Hbond substituents is 3. The Labute approximate surface area is 465 Å². The highest BCUT2D eigenvalue weighted by molar-refractivity contribution is 5.85. The van der Waals surface area contributed by atoms with Gasteiger partial charge in [0, 0.05) is 77.1 Å². The SMILES string of the molecule is CC(C/N=C/c1cc(C(F)(F)C(F)(F)C(F)(F)C(F)(F)C(F)(F)C(F)(F)F)ccc1O)(C/N=C/c1cc(C(F)(F)C(F)(F)C(F)(F)C(F)(F)C(F)(F)C(F)(F)F)ccc1O)C/N=C/c1cc(C(F)(F)C(F)(F)C(F)(F)C(F)(F)C(F)(F)C(F)(F)F)ccc1O. The van der Waals surface area contributed by atoms with Crippen LogP contribution < -0.4 is 0 Å². The van der Waals surface area contributed by atoms with Crippen LogP contribution in [-0.2, 0) is 17.8 Å². The van der Waals surface area contributed by atoms with Crippen molar-refractivity contribution in [3.05, 3.63) is 88.0 Å². The summed E-state index contributed by atoms with van der Waals surface area (Å²) in [6.07, 6.45) is -23.9. The molecule has 0 aliphatic carbocycles. The quantitative estimate of drug-likeness (QED) is 0.0616. The Kier molecular flexibility index (Phi) is 19.5. The highest BCUT2D eigenvalue weighted by Gasteiger charge is 2.94. The summed E-state index contributed by atoms with van der Waals surface area (Å²) in [5.74, 6) is -125. The predicted octanol–water partition coefficient (Wildman–Crippen LogP) is 17.1. The molecule has 506 valence electrons. The zero-order chi connectivity index (χ0) is 70.4. The highest BCUT2D eigenvalue weighted by Crippen LogP contribution is 2.66. The van der Waals surface area contributed by atoms with Gasteiger partial charge in [-0.05, 0) is 54.6 Å². The first-order valence-corrected chi connectivity index (χ1v) is 21.9. The van der Waals surface area contributed by atoms with Gasteiger partial charge in [-0.1, -0.05) is 6.92 Å². The Bertz CT molecular complexity index is 2810. The molecule has 0 heterocycles. The minimum atomic E-state index is -8.43. The molecule has 0 spiro atoms. The van der Waals surface area contributed by atoms with E-state index in [2.05, 4.69) is 15.0 Å². The third-order valence-corrected chi connectivity index (χ3v) is 12.1. The van der Waals surface area contributed by atoms with E-state index in [-0.39, 0.29) is 36.8 Å². The van der Waals surface area contributed by atoms with Crippen LogP contribution in [0.15, 0.2) is 69.6 Å². The summed E-state index contributed by atoms with van der Waals surface area (Å²) in [6.45, 7) is -3.69. The molecule has 45 heteroatoms. The number of aliphatic imine (C=N–C) groups is 3. The van der Waals surface area contributed by atoms with Crippen LogP contribution in [0.5, 0.6) is 17.2 Å². The maximum Gasteiger partial charge on any atom is 0.460 e. The van der Waals surface area contributed by atoms with Crippen LogP contribution in [-0.4, -0.2) is 143 Å². The smallest absolute Gasteiger partial charge is 0.460 e. The third-order valence-electron chi connectivity index (χ3n) is 12.1. The second kappa shape index (κ2) is 22.6. The molecule has 6 nitrogen and oxygen atoms in total. The number of aromatic hydroxyl groups is 3. The first kappa shape index (κ1) is 76.6. The number of hydrogen-bond acceptors (Lipinski definition) is 6. The Hall–Kier alpha value is -6.66. The summed E-state index contributed by atoms with van der Waals surface area (Å²) in [7, 11) is 0. The van der Waals surface area contributed by atoms with Crippen molar-refractivity contribution in [2.45, 2.75) is 114 Å². The van der Waals surface area contributed by atoms with E-state index in [0.717, 1.165) is 0 Å². The minimum absolute atomic E-state index is 0.119. The van der Waals surface area contributed by atoms with Crippen molar-refractivity contribution >= 4 is 18.6 Å². The molecule has 0 aliphatic rings. The van der Waals surface area contributed by atoms with Gasteiger partial charge in [0.25, 0.3) is 0 Å². The monoisotopic (exact) mass is 1380 g/mol. The Balaban J connectivity index is 2.26. The molecule has 0 radical (unpaired) electrons. The lowest BCUT2D eigenvalue weighted by atomic mass is 9.89. The van der Waals surface area contributed by atoms with E-state index >= 15 is 26.3 Å². The van der Waals surface area contributed by atoms with E-state index in [1.165, 1.54) is 0 Å². The van der Waals surface area contributed by atoms with Gasteiger partial charge in [-0.3, -0.25) is 15.0 Å². The molecule has 0 saturated heterocycles. The minimum Gasteiger partial charge on any atom is -0.507 e. The first-order valence-electron chi connectivity index (χ1n) is 21.9. The average molecular weight is 1380 g/mol. The van der Waals surface area contributed by atoms with E-state index < -0.39 is 219 Å². The molecule has 0 unspecified atom stereocenters. The second-order valence-corrected chi connectivity index (χ2v) is 18.6. The highest BCUT2D eigenvalue weighted by atomic mass is 19.5. The molecule has 0 atom stereocenters. The fourth-order valence-corrected chi connectivity index (χ4v) is 6.66. The van der Waals surface area contributed by atoms with Crippen molar-refractivity contribution in [2.75, 3.05) is 19.6 Å². The maximum atomic E-state index is 15.0. The standard InChI is InChI=1S/C44H24F39N3O3/c1-26(14-84-11-17-8-20(2-5-23(17)87)27(45,46)30(51,52)33(57,58)36(63,64)39(69,70)42(75,76)77,15-85-12-18-9-21(3-6-24(18)88)28(47,48)31(53,54)34(59,60)37(65,66)40(71,72)43(78,79)80)16-86-13-19-10-22(4-7-25(19)89)29(49,50)32(55,56)35(61,62)38(67,68)41(73,74)44(81,82)83/h2-13,87-89H,14-16H2,1H3/b84-11+,85-12+,86-13+. The molecule has 3 rings (SSSR count). The van der Waals surface area contributed by atoms with Crippen LogP contribution in [0.3, 0.4) is 0 Å². The van der Waals surface area contributed by atoms with Gasteiger partial charge in [0.05, 0.1) is 0 Å². The largest absolute Gasteiger partial charge is 0.507 e. The molecule has 0 aliphatic heterocycles. The maximum absolute atomic E-state index is 15.0. The van der Waals surface area contributed by atoms with Crippen molar-refractivity contribution in [3.8, 4) is 17.2 Å². The number of alkyl halides is 39. The molecule has 0 bridgehead atoms. The Morgan fingerprint density at radius 3 is 0.607 bits per heavy atom. The van der Waals surface area contributed by atoms with E-state index in [1.807, 2.05) is 0 Å². The van der Waals surface area contributed by atoms with Crippen LogP contribution in [0.2, 0.25) is 0 Å². The lowest BCUT2D eigenvalue weighted by Gasteiger charge is -2.39. The number of rotatable bonds is 24. The van der Waals surface area contributed by atoms with Crippen molar-refractivity contribution in [2.24, 2.45) is 20.4 Å². The number of phenols is 3. The second-order valence-electron chi connectivity index (χ2n) is 18.6. The molecule has 3 aromatic rings. The van der Waals surface area contributed by atoms with Gasteiger partial charge in [-0.2, -0.15) is 171 Å². The van der Waals surface area contributed by atoms with Crippen molar-refractivity contribution in [1.29, 1.82) is 0 Å². The molecule has 0 saturated carbocycles. The third kappa shape index (κ3) is 12.0. The lowest BCUT2D eigenvalue weighted by Crippen LogP contribution is -2.69. The average Bonchev–Trinajstić information content (AvgIpc) is 0.723. The molecule has 3 N–H and O–H groups in total. The van der Waals surface area contributed by atoms with Crippen molar-refractivity contribution < 1.29 is 187 Å². The summed E-state index contributed by atoms with van der Waals surface area (Å²) >= 11 is 0. The number of halogens is 39. The van der Waals surface area contributed by atoms with Gasteiger partial charge in [0.1, 0.15) is 17.2 Å². The first-order chi connectivity index (χ1) is 39.0. The van der Waals surface area contributed by atoms with Crippen molar-refractivity contribution in [1.82, 2.24) is 0 Å². The molecule has 0 fully saturated rings. The van der Waals surface area contributed by atoms with Gasteiger partial charge in [-0.15, -0.1) is 0 Å². The fourth-order valence-electron chi connectivity index (χ4n) is 6.66. The zero-order valence-corrected chi connectivity index (χ0v) is 41.5. The predicted molar refractivity (Wildman–Crippen MR) is 219 cm³/mol. The van der Waals surface area contributed by atoms with Gasteiger partial charge in [-0.25, -0.2) is 0 Å². The van der Waals surface area contributed by atoms with E-state index in [1.54, 1.807) is 0 Å². The van der Waals surface area contributed by atoms with Crippen LogP contribution in [0.4, 0.5) is 171 Å². The Morgan fingerprint density at radius 2 is 0.438 bits per heavy atom. The summed E-state index contributed by atoms with van der Waals surface area (Å²) in [4.78, 5) is 10.1. The summed E-state index contributed by atoms with van der Waals surface area (Å²) < 4.78 is 541. The van der Waals surface area contributed by atoms with E-state index in [4.69, 9.17) is 0 Å². The lowest BCUT2D eigenvalue weighted by molar-refractivity contribution is -0.441. The van der Waals surface area contributed by atoms with Gasteiger partial charge in [0.2, 0.25) is 0 Å². The normalized spacial score (nSPS) is 15.8.